The van der Waals surface area contributed by atoms with Gasteiger partial charge >= 0.3 is 0 Å². The van der Waals surface area contributed by atoms with Crippen LogP contribution < -0.4 is 0 Å². The number of rotatable bonds is 2. The summed E-state index contributed by atoms with van der Waals surface area (Å²) in [6.07, 6.45) is 0. The molecule has 0 bridgehead atoms. The summed E-state index contributed by atoms with van der Waals surface area (Å²) in [5, 5.41) is 0. The molecular formula is C20H40Si. The van der Waals surface area contributed by atoms with Crippen LogP contribution in [0.15, 0.2) is 0 Å². The van der Waals surface area contributed by atoms with E-state index in [1.165, 1.54) is 0 Å². The van der Waals surface area contributed by atoms with Crippen LogP contribution >= 0.6 is 0 Å². The predicted octanol–water partition coefficient (Wildman–Crippen LogP) is 6.55. The SMILES string of the molecule is C[C@@H]1[C@H](C)[C@H](C)C([Si](C)(C)C2[C@H](C)[C@H](C)[C@H](C)[C@H]2C)[C@@H]1C. The highest BCUT2D eigenvalue weighted by Crippen LogP contribution is 2.62. The van der Waals surface area contributed by atoms with Crippen LogP contribution in [0, 0.1) is 47.3 Å². The van der Waals surface area contributed by atoms with E-state index in [9.17, 15) is 0 Å². The molecule has 2 unspecified atom stereocenters. The Balaban J connectivity index is 2.34. The van der Waals surface area contributed by atoms with E-state index in [4.69, 9.17) is 0 Å². The molecule has 0 nitrogen and oxygen atoms in total. The molecule has 21 heavy (non-hydrogen) atoms. The van der Waals surface area contributed by atoms with Gasteiger partial charge < -0.3 is 0 Å². The van der Waals surface area contributed by atoms with Gasteiger partial charge in [0.1, 0.15) is 0 Å². The predicted molar refractivity (Wildman–Crippen MR) is 98.3 cm³/mol. The molecule has 0 amide bonds. The van der Waals surface area contributed by atoms with E-state index in [2.05, 4.69) is 68.5 Å². The van der Waals surface area contributed by atoms with Crippen molar-refractivity contribution in [1.82, 2.24) is 0 Å². The van der Waals surface area contributed by atoms with Crippen molar-refractivity contribution in [3.8, 4) is 0 Å². The fraction of sp³-hybridized carbons (Fsp3) is 1.00. The summed E-state index contributed by atoms with van der Waals surface area (Å²) in [4.78, 5) is 0. The molecule has 2 aliphatic rings. The van der Waals surface area contributed by atoms with Crippen LogP contribution in [0.1, 0.15) is 55.4 Å². The molecule has 124 valence electrons. The van der Waals surface area contributed by atoms with E-state index >= 15 is 0 Å². The maximum Gasteiger partial charge on any atom is 0.0546 e. The van der Waals surface area contributed by atoms with Gasteiger partial charge in [0.05, 0.1) is 8.07 Å². The van der Waals surface area contributed by atoms with E-state index in [-0.39, 0.29) is 0 Å². The maximum atomic E-state index is 2.75. The Morgan fingerprint density at radius 3 is 0.762 bits per heavy atom. The Kier molecular flexibility index (Phi) is 4.76. The van der Waals surface area contributed by atoms with Gasteiger partial charge in [-0.3, -0.25) is 0 Å². The summed E-state index contributed by atoms with van der Waals surface area (Å²) in [6.45, 7) is 25.8. The summed E-state index contributed by atoms with van der Waals surface area (Å²) in [6, 6.07) is 0. The Labute approximate surface area is 135 Å². The second-order valence-corrected chi connectivity index (χ2v) is 14.7. The first-order chi connectivity index (χ1) is 9.53. The Hall–Kier alpha value is 0.217. The van der Waals surface area contributed by atoms with E-state index in [0.29, 0.717) is 0 Å². The van der Waals surface area contributed by atoms with Gasteiger partial charge in [-0.25, -0.2) is 0 Å². The third kappa shape index (κ3) is 2.46. The van der Waals surface area contributed by atoms with Crippen LogP contribution in [0.25, 0.3) is 0 Å². The van der Waals surface area contributed by atoms with E-state index in [0.717, 1.165) is 58.4 Å². The molecule has 0 spiro atoms. The van der Waals surface area contributed by atoms with Crippen molar-refractivity contribution in [3.05, 3.63) is 0 Å². The summed E-state index contributed by atoms with van der Waals surface area (Å²) in [5.41, 5.74) is 2.05. The van der Waals surface area contributed by atoms with Crippen molar-refractivity contribution in [2.75, 3.05) is 0 Å². The van der Waals surface area contributed by atoms with Gasteiger partial charge in [0.15, 0.2) is 0 Å². The van der Waals surface area contributed by atoms with E-state index < -0.39 is 8.07 Å². The Morgan fingerprint density at radius 1 is 0.381 bits per heavy atom. The maximum absolute atomic E-state index is 2.75. The minimum Gasteiger partial charge on any atom is -0.0689 e. The normalized spacial score (nSPS) is 52.6. The smallest absolute Gasteiger partial charge is 0.0546 e. The summed E-state index contributed by atoms with van der Waals surface area (Å²) < 4.78 is 0. The Morgan fingerprint density at radius 2 is 0.571 bits per heavy atom. The molecule has 0 aromatic carbocycles. The molecular weight excluding hydrogens is 268 g/mol. The molecule has 0 heterocycles. The summed E-state index contributed by atoms with van der Waals surface area (Å²) >= 11 is 0. The van der Waals surface area contributed by atoms with E-state index in [1.807, 2.05) is 0 Å². The molecule has 2 aliphatic carbocycles. The van der Waals surface area contributed by atoms with Gasteiger partial charge in [-0.05, 0) is 58.4 Å². The first-order valence-electron chi connectivity index (χ1n) is 9.53. The highest BCUT2D eigenvalue weighted by atomic mass is 28.3. The lowest BCUT2D eigenvalue weighted by atomic mass is 9.92. The Bertz CT molecular complexity index is 312. The first kappa shape index (κ1) is 17.6. The van der Waals surface area contributed by atoms with Crippen molar-refractivity contribution >= 4 is 8.07 Å². The van der Waals surface area contributed by atoms with E-state index in [1.54, 1.807) is 0 Å². The van der Waals surface area contributed by atoms with Gasteiger partial charge in [-0.15, -0.1) is 0 Å². The lowest BCUT2D eigenvalue weighted by Crippen LogP contribution is -2.45. The highest BCUT2D eigenvalue weighted by molar-refractivity contribution is 6.80. The average Bonchev–Trinajstić information content (AvgIpc) is 2.72. The summed E-state index contributed by atoms with van der Waals surface area (Å²) in [5.74, 6) is 7.39. The zero-order chi connectivity index (χ0) is 16.3. The van der Waals surface area contributed by atoms with Crippen molar-refractivity contribution in [2.45, 2.75) is 79.6 Å². The second-order valence-electron chi connectivity index (χ2n) is 9.75. The van der Waals surface area contributed by atoms with Gasteiger partial charge in [-0.2, -0.15) is 0 Å². The first-order valence-corrected chi connectivity index (χ1v) is 12.7. The lowest BCUT2D eigenvalue weighted by Gasteiger charge is -2.45. The second kappa shape index (κ2) is 5.69. The molecule has 0 N–H and O–H groups in total. The standard InChI is InChI=1S/C20H40Si/c1-11-12(2)16(6)19(15(11)5)21(9,10)20-17(7)13(3)14(4)18(20)8/h11-20H,1-10H3/t11-,12+,13-,14+,15-,16-,17-,18+,19?,20?/m1/s1. The topological polar surface area (TPSA) is 0 Å². The minimum atomic E-state index is -1.26. The van der Waals surface area contributed by atoms with Crippen LogP contribution in [0.4, 0.5) is 0 Å². The molecule has 1 heteroatoms. The molecule has 0 radical (unpaired) electrons. The van der Waals surface area contributed by atoms with Gasteiger partial charge in [-0.1, -0.05) is 68.5 Å². The fourth-order valence-electron chi connectivity index (χ4n) is 7.11. The molecule has 2 saturated carbocycles. The van der Waals surface area contributed by atoms with Gasteiger partial charge in [0, 0.05) is 0 Å². The molecule has 0 saturated heterocycles. The minimum absolute atomic E-state index is 0.915. The molecule has 2 fully saturated rings. The summed E-state index contributed by atoms with van der Waals surface area (Å²) in [7, 11) is -1.26. The zero-order valence-electron chi connectivity index (χ0n) is 16.3. The van der Waals surface area contributed by atoms with Crippen molar-refractivity contribution in [2.24, 2.45) is 47.3 Å². The monoisotopic (exact) mass is 308 g/mol. The van der Waals surface area contributed by atoms with Crippen molar-refractivity contribution in [1.29, 1.82) is 0 Å². The molecule has 10 atom stereocenters. The largest absolute Gasteiger partial charge is 0.0689 e. The zero-order valence-corrected chi connectivity index (χ0v) is 17.3. The molecule has 2 rings (SSSR count). The van der Waals surface area contributed by atoms with Crippen molar-refractivity contribution < 1.29 is 0 Å². The fourth-order valence-corrected chi connectivity index (χ4v) is 14.2. The number of hydrogen-bond donors (Lipinski definition) is 0. The average molecular weight is 309 g/mol. The molecule has 0 aromatic heterocycles. The van der Waals surface area contributed by atoms with Crippen LogP contribution in [0.5, 0.6) is 0 Å². The van der Waals surface area contributed by atoms with Crippen LogP contribution in [0.3, 0.4) is 0 Å². The van der Waals surface area contributed by atoms with Crippen LogP contribution in [-0.2, 0) is 0 Å². The third-order valence-corrected chi connectivity index (χ3v) is 14.5. The molecule has 0 aromatic rings. The van der Waals surface area contributed by atoms with Crippen LogP contribution in [0.2, 0.25) is 24.2 Å². The highest BCUT2D eigenvalue weighted by Gasteiger charge is 2.57. The molecule has 0 aliphatic heterocycles. The van der Waals surface area contributed by atoms with Crippen LogP contribution in [-0.4, -0.2) is 8.07 Å². The van der Waals surface area contributed by atoms with Crippen molar-refractivity contribution in [3.63, 3.8) is 0 Å². The number of hydrogen-bond acceptors (Lipinski definition) is 0. The third-order valence-electron chi connectivity index (χ3n) is 8.96. The van der Waals surface area contributed by atoms with Gasteiger partial charge in [0.25, 0.3) is 0 Å². The quantitative estimate of drug-likeness (QED) is 0.507. The lowest BCUT2D eigenvalue weighted by molar-refractivity contribution is 0.352. The van der Waals surface area contributed by atoms with Gasteiger partial charge in [0.2, 0.25) is 0 Å².